The smallest absolute Gasteiger partial charge is 0.266 e. The molecule has 0 heterocycles. The van der Waals surface area contributed by atoms with Gasteiger partial charge in [0.15, 0.2) is 0 Å². The van der Waals surface area contributed by atoms with Crippen molar-refractivity contribution in [2.45, 2.75) is 25.7 Å². The minimum Gasteiger partial charge on any atom is -0.398 e. The summed E-state index contributed by atoms with van der Waals surface area (Å²) in [4.78, 5) is 0.188. The van der Waals surface area contributed by atoms with Crippen LogP contribution in [0, 0.1) is 20.8 Å². The van der Waals surface area contributed by atoms with Crippen molar-refractivity contribution in [3.05, 3.63) is 53.1 Å². The Morgan fingerprint density at radius 1 is 0.952 bits per heavy atom. The molecule has 0 spiro atoms. The highest BCUT2D eigenvalue weighted by molar-refractivity contribution is 7.93. The number of aryl methyl sites for hydroxylation is 2. The molecular weight excluding hydrogens is 284 g/mol. The second-order valence-corrected chi connectivity index (χ2v) is 7.09. The average Bonchev–Trinajstić information content (AvgIpc) is 2.43. The van der Waals surface area contributed by atoms with Gasteiger partial charge in [0.05, 0.1) is 11.4 Å². The average molecular weight is 304 g/mol. The van der Waals surface area contributed by atoms with Gasteiger partial charge >= 0.3 is 0 Å². The van der Waals surface area contributed by atoms with Gasteiger partial charge in [-0.2, -0.15) is 0 Å². The molecule has 112 valence electrons. The van der Waals surface area contributed by atoms with Gasteiger partial charge < -0.3 is 5.73 Å². The Hall–Kier alpha value is -2.01. The van der Waals surface area contributed by atoms with Crippen molar-refractivity contribution in [1.82, 2.24) is 0 Å². The van der Waals surface area contributed by atoms with Crippen LogP contribution in [0.1, 0.15) is 16.7 Å². The molecule has 2 rings (SSSR count). The van der Waals surface area contributed by atoms with Crippen molar-refractivity contribution in [2.24, 2.45) is 0 Å². The lowest BCUT2D eigenvalue weighted by atomic mass is 10.1. The van der Waals surface area contributed by atoms with E-state index < -0.39 is 10.0 Å². The summed E-state index contributed by atoms with van der Waals surface area (Å²) in [6, 6.07) is 10.8. The first-order chi connectivity index (χ1) is 9.76. The molecule has 0 amide bonds. The first-order valence-corrected chi connectivity index (χ1v) is 8.11. The van der Waals surface area contributed by atoms with Gasteiger partial charge in [0.2, 0.25) is 0 Å². The normalized spacial score (nSPS) is 11.4. The zero-order valence-corrected chi connectivity index (χ0v) is 13.5. The lowest BCUT2D eigenvalue weighted by molar-refractivity contribution is 0.594. The van der Waals surface area contributed by atoms with Gasteiger partial charge in [0.25, 0.3) is 10.0 Å². The third-order valence-electron chi connectivity index (χ3n) is 3.78. The number of sulfonamides is 1. The van der Waals surface area contributed by atoms with Gasteiger partial charge in [-0.3, -0.25) is 4.31 Å². The first-order valence-electron chi connectivity index (χ1n) is 6.67. The van der Waals surface area contributed by atoms with Gasteiger partial charge in [-0.1, -0.05) is 24.3 Å². The maximum Gasteiger partial charge on any atom is 0.266 e. The van der Waals surface area contributed by atoms with Crippen LogP contribution in [-0.2, 0) is 10.0 Å². The van der Waals surface area contributed by atoms with Crippen LogP contribution in [0.4, 0.5) is 11.4 Å². The third-order valence-corrected chi connectivity index (χ3v) is 5.76. The fraction of sp³-hybridized carbons (Fsp3) is 0.250. The number of anilines is 2. The van der Waals surface area contributed by atoms with E-state index in [1.165, 1.54) is 4.31 Å². The molecule has 21 heavy (non-hydrogen) atoms. The van der Waals surface area contributed by atoms with Crippen molar-refractivity contribution in [1.29, 1.82) is 0 Å². The molecule has 0 aliphatic heterocycles. The van der Waals surface area contributed by atoms with Gasteiger partial charge in [-0.25, -0.2) is 8.42 Å². The lowest BCUT2D eigenvalue weighted by Gasteiger charge is -2.23. The number of hydrogen-bond donors (Lipinski definition) is 1. The molecule has 5 heteroatoms. The van der Waals surface area contributed by atoms with Crippen LogP contribution < -0.4 is 10.0 Å². The minimum absolute atomic E-state index is 0.188. The first kappa shape index (κ1) is 15.4. The molecule has 0 radical (unpaired) electrons. The van der Waals surface area contributed by atoms with Gasteiger partial charge in [0.1, 0.15) is 4.90 Å². The van der Waals surface area contributed by atoms with Crippen molar-refractivity contribution in [2.75, 3.05) is 17.1 Å². The van der Waals surface area contributed by atoms with Gasteiger partial charge in [0, 0.05) is 7.05 Å². The minimum atomic E-state index is -3.69. The summed E-state index contributed by atoms with van der Waals surface area (Å²) in [5.74, 6) is 0. The Balaban J connectivity index is 2.64. The molecule has 0 unspecified atom stereocenters. The molecule has 0 saturated heterocycles. The van der Waals surface area contributed by atoms with Crippen LogP contribution in [0.5, 0.6) is 0 Å². The van der Waals surface area contributed by atoms with E-state index >= 15 is 0 Å². The van der Waals surface area contributed by atoms with E-state index in [4.69, 9.17) is 5.73 Å². The van der Waals surface area contributed by atoms with Crippen molar-refractivity contribution < 1.29 is 8.42 Å². The second-order valence-electron chi connectivity index (χ2n) is 5.18. The molecule has 0 saturated carbocycles. The van der Waals surface area contributed by atoms with Crippen LogP contribution in [0.3, 0.4) is 0 Å². The number of nitrogens with two attached hydrogens (primary N) is 1. The van der Waals surface area contributed by atoms with Crippen LogP contribution in [0.25, 0.3) is 0 Å². The van der Waals surface area contributed by atoms with E-state index in [1.807, 2.05) is 38.1 Å². The van der Waals surface area contributed by atoms with E-state index in [2.05, 4.69) is 0 Å². The van der Waals surface area contributed by atoms with E-state index in [9.17, 15) is 8.42 Å². The zero-order valence-electron chi connectivity index (χ0n) is 12.7. The Morgan fingerprint density at radius 3 is 2.19 bits per heavy atom. The number of benzene rings is 2. The SMILES string of the molecule is Cc1ccccc1N(C)S(=O)(=O)c1c(N)ccc(C)c1C. The molecule has 0 aliphatic carbocycles. The molecule has 2 aromatic rings. The second kappa shape index (κ2) is 5.41. The molecular formula is C16H20N2O2S. The summed E-state index contributed by atoms with van der Waals surface area (Å²) in [6.45, 7) is 5.54. The van der Waals surface area contributed by atoms with Crippen LogP contribution in [0.15, 0.2) is 41.3 Å². The van der Waals surface area contributed by atoms with Crippen molar-refractivity contribution >= 4 is 21.4 Å². The number of rotatable bonds is 3. The molecule has 0 aromatic heterocycles. The van der Waals surface area contributed by atoms with E-state index in [-0.39, 0.29) is 10.6 Å². The number of hydrogen-bond acceptors (Lipinski definition) is 3. The Labute approximate surface area is 126 Å². The molecule has 0 bridgehead atoms. The van der Waals surface area contributed by atoms with Crippen LogP contribution in [0.2, 0.25) is 0 Å². The van der Waals surface area contributed by atoms with E-state index in [1.54, 1.807) is 26.1 Å². The van der Waals surface area contributed by atoms with Crippen molar-refractivity contribution in [3.8, 4) is 0 Å². The number of nitrogens with zero attached hydrogens (tertiary/aromatic N) is 1. The molecule has 0 aliphatic rings. The van der Waals surface area contributed by atoms with Gasteiger partial charge in [-0.15, -0.1) is 0 Å². The highest BCUT2D eigenvalue weighted by Crippen LogP contribution is 2.31. The summed E-state index contributed by atoms with van der Waals surface area (Å²) in [5, 5.41) is 0. The zero-order chi connectivity index (χ0) is 15.8. The molecule has 4 nitrogen and oxygen atoms in total. The largest absolute Gasteiger partial charge is 0.398 e. The summed E-state index contributed by atoms with van der Waals surface area (Å²) >= 11 is 0. The Kier molecular flexibility index (Phi) is 3.96. The quantitative estimate of drug-likeness (QED) is 0.887. The third kappa shape index (κ3) is 2.61. The predicted octanol–water partition coefficient (Wildman–Crippen LogP) is 3.02. The molecule has 2 N–H and O–H groups in total. The fourth-order valence-electron chi connectivity index (χ4n) is 2.34. The molecule has 2 aromatic carbocycles. The summed E-state index contributed by atoms with van der Waals surface area (Å²) in [5.41, 5.74) is 9.34. The highest BCUT2D eigenvalue weighted by atomic mass is 32.2. The molecule has 0 fully saturated rings. The van der Waals surface area contributed by atoms with Crippen molar-refractivity contribution in [3.63, 3.8) is 0 Å². The Morgan fingerprint density at radius 2 is 1.57 bits per heavy atom. The van der Waals surface area contributed by atoms with Crippen LogP contribution in [-0.4, -0.2) is 15.5 Å². The van der Waals surface area contributed by atoms with E-state index in [0.29, 0.717) is 11.3 Å². The summed E-state index contributed by atoms with van der Waals surface area (Å²) < 4.78 is 27.1. The molecule has 0 atom stereocenters. The predicted molar refractivity (Wildman–Crippen MR) is 87.1 cm³/mol. The topological polar surface area (TPSA) is 63.4 Å². The maximum atomic E-state index is 12.9. The highest BCUT2D eigenvalue weighted by Gasteiger charge is 2.27. The Bertz CT molecular complexity index is 783. The lowest BCUT2D eigenvalue weighted by Crippen LogP contribution is -2.28. The standard InChI is InChI=1S/C16H20N2O2S/c1-11-9-10-14(17)16(13(11)3)21(19,20)18(4)15-8-6-5-7-12(15)2/h5-10H,17H2,1-4H3. The number of nitrogen functional groups attached to an aromatic ring is 1. The summed E-state index contributed by atoms with van der Waals surface area (Å²) in [7, 11) is -2.14. The number of para-hydroxylation sites is 1. The van der Waals surface area contributed by atoms with E-state index in [0.717, 1.165) is 11.1 Å². The summed E-state index contributed by atoms with van der Waals surface area (Å²) in [6.07, 6.45) is 0. The maximum absolute atomic E-state index is 12.9. The van der Waals surface area contributed by atoms with Gasteiger partial charge in [-0.05, 0) is 49.6 Å². The monoisotopic (exact) mass is 304 g/mol. The van der Waals surface area contributed by atoms with Crippen LogP contribution >= 0.6 is 0 Å². The fourth-order valence-corrected chi connectivity index (χ4v) is 3.99.